The molecule has 3 unspecified atom stereocenters. The van der Waals surface area contributed by atoms with E-state index < -0.39 is 99.0 Å². The van der Waals surface area contributed by atoms with Crippen LogP contribution in [-0.2, 0) is 23.7 Å². The molecule has 14 nitrogen and oxygen atoms in total. The summed E-state index contributed by atoms with van der Waals surface area (Å²) >= 11 is 0. The largest absolute Gasteiger partial charge is 0.394 e. The lowest BCUT2D eigenvalue weighted by atomic mass is 9.97. The molecule has 3 aliphatic rings. The van der Waals surface area contributed by atoms with E-state index in [2.05, 4.69) is 0 Å². The average molecular weight is 471 g/mol. The summed E-state index contributed by atoms with van der Waals surface area (Å²) in [5, 5.41) is 89.7. The van der Waals surface area contributed by atoms with Crippen LogP contribution < -0.4 is 0 Å². The van der Waals surface area contributed by atoms with Crippen LogP contribution in [0.15, 0.2) is 0 Å². The van der Waals surface area contributed by atoms with Crippen molar-refractivity contribution in [1.29, 1.82) is 0 Å². The lowest BCUT2D eigenvalue weighted by molar-refractivity contribution is -0.364. The van der Waals surface area contributed by atoms with Crippen molar-refractivity contribution in [2.24, 2.45) is 0 Å². The molecule has 3 aliphatic heterocycles. The predicted octanol–water partition coefficient (Wildman–Crippen LogP) is -5.70. The summed E-state index contributed by atoms with van der Waals surface area (Å²) in [5.41, 5.74) is 0. The van der Waals surface area contributed by atoms with E-state index in [1.165, 1.54) is 6.92 Å². The Morgan fingerprint density at radius 2 is 1.25 bits per heavy atom. The molecule has 3 saturated heterocycles. The van der Waals surface area contributed by atoms with Gasteiger partial charge in [0.05, 0.1) is 19.3 Å². The second-order valence-corrected chi connectivity index (χ2v) is 8.06. The van der Waals surface area contributed by atoms with Gasteiger partial charge in [0, 0.05) is 0 Å². The smallest absolute Gasteiger partial charge is 0.187 e. The molecule has 0 aliphatic carbocycles. The number of rotatable bonds is 6. The molecule has 0 spiro atoms. The van der Waals surface area contributed by atoms with E-state index in [9.17, 15) is 40.9 Å². The Kier molecular flexibility index (Phi) is 8.79. The highest BCUT2D eigenvalue weighted by Gasteiger charge is 2.51. The zero-order chi connectivity index (χ0) is 23.7. The molecule has 14 heteroatoms. The minimum Gasteiger partial charge on any atom is -0.394 e. The van der Waals surface area contributed by atoms with Gasteiger partial charge in [-0.25, -0.2) is 0 Å². The van der Waals surface area contributed by atoms with Gasteiger partial charge in [0.2, 0.25) is 0 Å². The summed E-state index contributed by atoms with van der Waals surface area (Å²) in [7, 11) is 0. The van der Waals surface area contributed by atoms with Crippen LogP contribution in [0.25, 0.3) is 0 Å². The molecule has 32 heavy (non-hydrogen) atoms. The minimum absolute atomic E-state index is 0.553. The van der Waals surface area contributed by atoms with Gasteiger partial charge in [0.25, 0.3) is 0 Å². The second-order valence-electron chi connectivity index (χ2n) is 8.06. The fourth-order valence-corrected chi connectivity index (χ4v) is 3.78. The fourth-order valence-electron chi connectivity index (χ4n) is 3.78. The molecule has 9 N–H and O–H groups in total. The summed E-state index contributed by atoms with van der Waals surface area (Å²) in [6.45, 7) is 1.21. The Morgan fingerprint density at radius 1 is 0.656 bits per heavy atom. The number of hydrogen-bond donors (Lipinski definition) is 9. The van der Waals surface area contributed by atoms with E-state index in [0.29, 0.717) is 0 Å². The highest BCUT2D eigenvalue weighted by molar-refractivity contribution is 4.96. The molecule has 0 aromatic heterocycles. The van der Waals surface area contributed by atoms with Crippen molar-refractivity contribution in [2.45, 2.75) is 92.8 Å². The molecular formula is C18H31O14. The lowest BCUT2D eigenvalue weighted by Crippen LogP contribution is -2.64. The first-order valence-corrected chi connectivity index (χ1v) is 10.2. The average Bonchev–Trinajstić information content (AvgIpc) is 2.78. The topological polar surface area (TPSA) is 228 Å². The van der Waals surface area contributed by atoms with Crippen LogP contribution in [0.2, 0.25) is 0 Å². The number of aliphatic hydroxyl groups is 9. The third-order valence-corrected chi connectivity index (χ3v) is 5.85. The van der Waals surface area contributed by atoms with Gasteiger partial charge in [-0.3, -0.25) is 0 Å². The SMILES string of the molecule is C[C@@H]1OC(OC2[CH]O[C@H](CO)[C@@H](O)C2O)[C@H](O)[C@H](O[C@@H]2O[C@H](CO)[C@@H](O)[C@H](O)[C@H]2O)[C@H]1O. The van der Waals surface area contributed by atoms with Gasteiger partial charge in [-0.05, 0) is 6.92 Å². The van der Waals surface area contributed by atoms with Crippen LogP contribution in [-0.4, -0.2) is 145 Å². The van der Waals surface area contributed by atoms with Gasteiger partial charge in [-0.1, -0.05) is 0 Å². The first-order valence-electron chi connectivity index (χ1n) is 10.2. The quantitative estimate of drug-likeness (QED) is 0.176. The zero-order valence-electron chi connectivity index (χ0n) is 17.1. The Bertz CT molecular complexity index is 594. The predicted molar refractivity (Wildman–Crippen MR) is 98.1 cm³/mol. The van der Waals surface area contributed by atoms with Gasteiger partial charge in [0.15, 0.2) is 12.6 Å². The van der Waals surface area contributed by atoms with E-state index >= 15 is 0 Å². The highest BCUT2D eigenvalue weighted by Crippen LogP contribution is 2.31. The lowest BCUT2D eigenvalue weighted by Gasteiger charge is -2.46. The van der Waals surface area contributed by atoms with Crippen LogP contribution in [0.3, 0.4) is 0 Å². The Labute approximate surface area is 183 Å². The molecule has 1 radical (unpaired) electrons. The van der Waals surface area contributed by atoms with Crippen LogP contribution in [0.1, 0.15) is 6.92 Å². The van der Waals surface area contributed by atoms with Crippen molar-refractivity contribution in [3.63, 3.8) is 0 Å². The molecule has 3 heterocycles. The molecule has 187 valence electrons. The fraction of sp³-hybridized carbons (Fsp3) is 0.944. The molecule has 0 aromatic carbocycles. The van der Waals surface area contributed by atoms with Crippen molar-refractivity contribution in [1.82, 2.24) is 0 Å². The van der Waals surface area contributed by atoms with Crippen molar-refractivity contribution < 1.29 is 69.6 Å². The van der Waals surface area contributed by atoms with Crippen LogP contribution in [0, 0.1) is 6.61 Å². The van der Waals surface area contributed by atoms with E-state index in [1.807, 2.05) is 0 Å². The van der Waals surface area contributed by atoms with E-state index in [4.69, 9.17) is 28.8 Å². The van der Waals surface area contributed by atoms with Crippen molar-refractivity contribution in [3.8, 4) is 0 Å². The van der Waals surface area contributed by atoms with E-state index in [0.717, 1.165) is 6.61 Å². The molecule has 0 amide bonds. The Balaban J connectivity index is 1.69. The van der Waals surface area contributed by atoms with Crippen LogP contribution >= 0.6 is 0 Å². The summed E-state index contributed by atoms with van der Waals surface area (Å²) in [6, 6.07) is 0. The van der Waals surface area contributed by atoms with Crippen molar-refractivity contribution in [2.75, 3.05) is 13.2 Å². The van der Waals surface area contributed by atoms with E-state index in [-0.39, 0.29) is 0 Å². The maximum atomic E-state index is 10.7. The Hall–Kier alpha value is -0.560. The maximum absolute atomic E-state index is 10.7. The summed E-state index contributed by atoms with van der Waals surface area (Å²) in [5.74, 6) is 0. The first kappa shape index (κ1) is 26.1. The van der Waals surface area contributed by atoms with Crippen LogP contribution in [0.4, 0.5) is 0 Å². The monoisotopic (exact) mass is 471 g/mol. The van der Waals surface area contributed by atoms with Gasteiger partial charge in [-0.15, -0.1) is 0 Å². The van der Waals surface area contributed by atoms with Gasteiger partial charge in [-0.2, -0.15) is 0 Å². The van der Waals surface area contributed by atoms with Crippen molar-refractivity contribution >= 4 is 0 Å². The maximum Gasteiger partial charge on any atom is 0.187 e. The number of aliphatic hydroxyl groups excluding tert-OH is 9. The number of hydrogen-bond acceptors (Lipinski definition) is 14. The van der Waals surface area contributed by atoms with Crippen LogP contribution in [0.5, 0.6) is 0 Å². The third-order valence-electron chi connectivity index (χ3n) is 5.85. The molecule has 3 fully saturated rings. The highest BCUT2D eigenvalue weighted by atomic mass is 16.7. The molecule has 14 atom stereocenters. The molecule has 0 saturated carbocycles. The van der Waals surface area contributed by atoms with Crippen molar-refractivity contribution in [3.05, 3.63) is 6.61 Å². The first-order chi connectivity index (χ1) is 15.1. The minimum atomic E-state index is -1.77. The molecule has 0 aromatic rings. The van der Waals surface area contributed by atoms with Gasteiger partial charge in [0.1, 0.15) is 73.8 Å². The summed E-state index contributed by atoms with van der Waals surface area (Å²) in [4.78, 5) is 0. The standard InChI is InChI=1S/C18H31O14/c1-5-9(21)16(32-17-14(26)13(25)11(23)7(3-20)30-17)15(27)18(29-5)31-8-4-28-6(2-19)10(22)12(8)24/h4-27H,2-3H2,1H3/t5-,6+,7+,8?,9-,10+,11+,12?,13-,14+,15+,16+,17-,18?/m0/s1. The normalized spacial score (nSPS) is 52.7. The number of ether oxygens (including phenoxy) is 5. The molecular weight excluding hydrogens is 440 g/mol. The van der Waals surface area contributed by atoms with Gasteiger partial charge >= 0.3 is 0 Å². The Morgan fingerprint density at radius 3 is 1.88 bits per heavy atom. The summed E-state index contributed by atoms with van der Waals surface area (Å²) < 4.78 is 26.8. The zero-order valence-corrected chi connectivity index (χ0v) is 17.1. The third kappa shape index (κ3) is 5.08. The van der Waals surface area contributed by atoms with E-state index in [1.54, 1.807) is 0 Å². The van der Waals surface area contributed by atoms with Gasteiger partial charge < -0.3 is 69.6 Å². The summed E-state index contributed by atoms with van der Waals surface area (Å²) in [6.07, 6.45) is -20.5. The second kappa shape index (κ2) is 10.8. The molecule has 0 bridgehead atoms. The molecule has 3 rings (SSSR count).